The standard InChI is InChI=1S/C21H20N4O3.ClH/c1-23(2)10-11-24-20(27)15-5-3-4-14-17-12-8-9-22-19(26)13(12)6-7-16(17)25(18(14)15)21(24)28;/h3-7H,8-11H2,1-2H3,(H,22,26);1H. The maximum atomic E-state index is 13.3. The van der Waals surface area contributed by atoms with Gasteiger partial charge in [0, 0.05) is 36.0 Å². The minimum atomic E-state index is -0.328. The summed E-state index contributed by atoms with van der Waals surface area (Å²) in [7, 11) is 3.82. The number of fused-ring (bicyclic) bond motifs is 5. The van der Waals surface area contributed by atoms with Crippen LogP contribution < -0.4 is 16.6 Å². The van der Waals surface area contributed by atoms with Gasteiger partial charge in [0.15, 0.2) is 0 Å². The summed E-state index contributed by atoms with van der Waals surface area (Å²) < 4.78 is 2.96. The van der Waals surface area contributed by atoms with Crippen molar-refractivity contribution in [3.05, 3.63) is 62.3 Å². The molecule has 0 saturated heterocycles. The van der Waals surface area contributed by atoms with Gasteiger partial charge in [-0.3, -0.25) is 18.6 Å². The molecule has 3 heterocycles. The fourth-order valence-electron chi connectivity index (χ4n) is 4.32. The van der Waals surface area contributed by atoms with Crippen molar-refractivity contribution >= 4 is 45.5 Å². The lowest BCUT2D eigenvalue weighted by molar-refractivity contribution is 0.0946. The first kappa shape index (κ1) is 19.4. The van der Waals surface area contributed by atoms with Gasteiger partial charge in [-0.2, -0.15) is 0 Å². The summed E-state index contributed by atoms with van der Waals surface area (Å²) >= 11 is 0. The van der Waals surface area contributed by atoms with Crippen LogP contribution in [-0.2, 0) is 13.0 Å². The van der Waals surface area contributed by atoms with E-state index in [2.05, 4.69) is 5.32 Å². The molecule has 1 aliphatic rings. The maximum Gasteiger partial charge on any atom is 0.336 e. The number of rotatable bonds is 3. The van der Waals surface area contributed by atoms with Crippen LogP contribution in [0, 0.1) is 0 Å². The number of aromatic nitrogens is 2. The van der Waals surface area contributed by atoms with E-state index in [-0.39, 0.29) is 29.6 Å². The van der Waals surface area contributed by atoms with Crippen molar-refractivity contribution in [3.63, 3.8) is 0 Å². The molecule has 2 aromatic carbocycles. The van der Waals surface area contributed by atoms with Gasteiger partial charge < -0.3 is 10.2 Å². The molecule has 0 bridgehead atoms. The number of carbonyl (C=O) groups is 1. The molecule has 4 aromatic rings. The molecule has 0 unspecified atom stereocenters. The third-order valence-corrected chi connectivity index (χ3v) is 5.63. The van der Waals surface area contributed by atoms with Gasteiger partial charge in [0.2, 0.25) is 0 Å². The Morgan fingerprint density at radius 2 is 1.83 bits per heavy atom. The van der Waals surface area contributed by atoms with Crippen molar-refractivity contribution in [2.75, 3.05) is 27.2 Å². The Morgan fingerprint density at radius 3 is 2.59 bits per heavy atom. The highest BCUT2D eigenvalue weighted by atomic mass is 35.5. The maximum absolute atomic E-state index is 13.3. The Balaban J connectivity index is 0.00000205. The van der Waals surface area contributed by atoms with E-state index in [0.29, 0.717) is 42.5 Å². The Kier molecular flexibility index (Phi) is 4.59. The summed E-state index contributed by atoms with van der Waals surface area (Å²) in [6.07, 6.45) is 0.703. The van der Waals surface area contributed by atoms with Crippen LogP contribution in [-0.4, -0.2) is 47.0 Å². The third-order valence-electron chi connectivity index (χ3n) is 5.63. The highest BCUT2D eigenvalue weighted by Gasteiger charge is 2.25. The Hall–Kier alpha value is -2.90. The molecule has 1 aliphatic heterocycles. The minimum absolute atomic E-state index is 0. The highest BCUT2D eigenvalue weighted by Crippen LogP contribution is 2.34. The lowest BCUT2D eigenvalue weighted by Gasteiger charge is -2.17. The molecule has 8 heteroatoms. The number of amides is 1. The van der Waals surface area contributed by atoms with E-state index < -0.39 is 0 Å². The van der Waals surface area contributed by atoms with Crippen molar-refractivity contribution in [3.8, 4) is 0 Å². The van der Waals surface area contributed by atoms with Crippen molar-refractivity contribution in [1.82, 2.24) is 19.2 Å². The van der Waals surface area contributed by atoms with Gasteiger partial charge in [-0.15, -0.1) is 12.4 Å². The predicted molar refractivity (Wildman–Crippen MR) is 116 cm³/mol. The lowest BCUT2D eigenvalue weighted by Crippen LogP contribution is -2.39. The second-order valence-corrected chi connectivity index (χ2v) is 7.57. The second kappa shape index (κ2) is 6.86. The molecule has 0 radical (unpaired) electrons. The van der Waals surface area contributed by atoms with Crippen molar-refractivity contribution in [2.24, 2.45) is 0 Å². The summed E-state index contributed by atoms with van der Waals surface area (Å²) in [5.41, 5.74) is 2.40. The summed E-state index contributed by atoms with van der Waals surface area (Å²) in [6, 6.07) is 9.15. The number of halogens is 1. The number of para-hydroxylation sites is 1. The topological polar surface area (TPSA) is 75.8 Å². The fourth-order valence-corrected chi connectivity index (χ4v) is 4.32. The number of nitrogens with zero attached hydrogens (tertiary/aromatic N) is 3. The van der Waals surface area contributed by atoms with Gasteiger partial charge in [-0.1, -0.05) is 12.1 Å². The van der Waals surface area contributed by atoms with E-state index in [1.165, 1.54) is 4.57 Å². The lowest BCUT2D eigenvalue weighted by atomic mass is 9.95. The number of likely N-dealkylation sites (N-methyl/N-ethyl adjacent to an activating group) is 1. The zero-order valence-electron chi connectivity index (χ0n) is 16.2. The van der Waals surface area contributed by atoms with Gasteiger partial charge in [0.25, 0.3) is 11.5 Å². The van der Waals surface area contributed by atoms with Crippen LogP contribution in [0.3, 0.4) is 0 Å². The largest absolute Gasteiger partial charge is 0.352 e. The monoisotopic (exact) mass is 412 g/mol. The van der Waals surface area contributed by atoms with E-state index >= 15 is 0 Å². The molecule has 7 nitrogen and oxygen atoms in total. The molecule has 1 N–H and O–H groups in total. The van der Waals surface area contributed by atoms with Crippen LogP contribution in [0.4, 0.5) is 0 Å². The predicted octanol–water partition coefficient (Wildman–Crippen LogP) is 1.47. The first-order valence-electron chi connectivity index (χ1n) is 9.37. The van der Waals surface area contributed by atoms with Crippen LogP contribution >= 0.6 is 12.4 Å². The molecule has 150 valence electrons. The smallest absolute Gasteiger partial charge is 0.336 e. The molecule has 0 aliphatic carbocycles. The number of carbonyl (C=O) groups excluding carboxylic acids is 1. The van der Waals surface area contributed by atoms with Crippen molar-refractivity contribution < 1.29 is 4.79 Å². The number of benzene rings is 2. The first-order chi connectivity index (χ1) is 13.5. The zero-order valence-corrected chi connectivity index (χ0v) is 17.0. The SMILES string of the molecule is CN(C)CCn1c(=O)c2cccc3c4c5c(ccc4n(c1=O)c23)C(=O)NCC5.Cl. The molecule has 29 heavy (non-hydrogen) atoms. The van der Waals surface area contributed by atoms with E-state index in [1.54, 1.807) is 16.5 Å². The second-order valence-electron chi connectivity index (χ2n) is 7.57. The Labute approximate surface area is 172 Å². The van der Waals surface area contributed by atoms with Crippen LogP contribution in [0.1, 0.15) is 15.9 Å². The van der Waals surface area contributed by atoms with Crippen LogP contribution in [0.2, 0.25) is 0 Å². The number of hydrogen-bond donors (Lipinski definition) is 1. The average molecular weight is 413 g/mol. The van der Waals surface area contributed by atoms with Crippen LogP contribution in [0.25, 0.3) is 27.2 Å². The molecular formula is C21H21ClN4O3. The minimum Gasteiger partial charge on any atom is -0.352 e. The summed E-state index contributed by atoms with van der Waals surface area (Å²) in [5.74, 6) is -0.0925. The quantitative estimate of drug-likeness (QED) is 0.553. The van der Waals surface area contributed by atoms with Crippen molar-refractivity contribution in [1.29, 1.82) is 0 Å². The molecule has 0 atom stereocenters. The molecule has 5 rings (SSSR count). The number of hydrogen-bond acceptors (Lipinski definition) is 4. The third kappa shape index (κ3) is 2.65. The molecule has 1 amide bonds. The van der Waals surface area contributed by atoms with E-state index in [4.69, 9.17) is 0 Å². The summed E-state index contributed by atoms with van der Waals surface area (Å²) in [6.45, 7) is 1.49. The molecular weight excluding hydrogens is 392 g/mol. The van der Waals surface area contributed by atoms with Gasteiger partial charge in [-0.25, -0.2) is 4.79 Å². The van der Waals surface area contributed by atoms with E-state index in [9.17, 15) is 14.4 Å². The fraction of sp³-hybridized carbons (Fsp3) is 0.286. The molecule has 0 saturated carbocycles. The molecule has 0 spiro atoms. The van der Waals surface area contributed by atoms with E-state index in [0.717, 1.165) is 21.9 Å². The highest BCUT2D eigenvalue weighted by molar-refractivity contribution is 6.17. The average Bonchev–Trinajstić information content (AvgIpc) is 3.02. The van der Waals surface area contributed by atoms with Gasteiger partial charge >= 0.3 is 5.69 Å². The Bertz CT molecular complexity index is 1390. The Morgan fingerprint density at radius 1 is 1.07 bits per heavy atom. The van der Waals surface area contributed by atoms with Crippen LogP contribution in [0.5, 0.6) is 0 Å². The van der Waals surface area contributed by atoms with Crippen molar-refractivity contribution in [2.45, 2.75) is 13.0 Å². The molecule has 0 fully saturated rings. The molecule has 2 aromatic heterocycles. The number of nitrogens with one attached hydrogen (secondary N) is 1. The van der Waals surface area contributed by atoms with Gasteiger partial charge in [0.05, 0.1) is 16.4 Å². The normalized spacial score (nSPS) is 13.8. The van der Waals surface area contributed by atoms with Crippen LogP contribution in [0.15, 0.2) is 39.9 Å². The zero-order chi connectivity index (χ0) is 19.6. The summed E-state index contributed by atoms with van der Waals surface area (Å²) in [5, 5.41) is 5.15. The van der Waals surface area contributed by atoms with Gasteiger partial charge in [-0.05, 0) is 44.3 Å². The first-order valence-corrected chi connectivity index (χ1v) is 9.37. The van der Waals surface area contributed by atoms with E-state index in [1.807, 2.05) is 37.2 Å². The van der Waals surface area contributed by atoms with Gasteiger partial charge in [0.1, 0.15) is 0 Å². The summed E-state index contributed by atoms with van der Waals surface area (Å²) in [4.78, 5) is 40.6.